The molecule has 0 aliphatic rings. The van der Waals surface area contributed by atoms with Gasteiger partial charge in [-0.05, 0) is 30.7 Å². The summed E-state index contributed by atoms with van der Waals surface area (Å²) in [6.45, 7) is 1.88. The quantitative estimate of drug-likeness (QED) is 0.674. The molecule has 1 heterocycles. The Hall–Kier alpha value is -2.27. The van der Waals surface area contributed by atoms with E-state index in [1.165, 1.54) is 12.3 Å². The molecular weight excluding hydrogens is 280 g/mol. The summed E-state index contributed by atoms with van der Waals surface area (Å²) in [4.78, 5) is 11.8. The highest BCUT2D eigenvalue weighted by Crippen LogP contribution is 2.21. The maximum atomic E-state index is 11.8. The van der Waals surface area contributed by atoms with Crippen LogP contribution in [0.2, 0.25) is 5.02 Å². The first-order valence-corrected chi connectivity index (χ1v) is 6.34. The fraction of sp³-hybridized carbons (Fsp3) is 0.143. The molecule has 2 N–H and O–H groups in total. The summed E-state index contributed by atoms with van der Waals surface area (Å²) in [7, 11) is 0. The fourth-order valence-electron chi connectivity index (χ4n) is 1.75. The Bertz CT molecular complexity index is 693. The van der Waals surface area contributed by atoms with Gasteiger partial charge in [-0.25, -0.2) is 4.79 Å². The molecule has 104 valence electrons. The average Bonchev–Trinajstić information content (AvgIpc) is 2.43. The molecule has 0 radical (unpaired) electrons. The number of carbonyl (C=O) groups is 1. The molecule has 5 nitrogen and oxygen atoms in total. The molecule has 2 rings (SSSR count). The fourth-order valence-corrected chi connectivity index (χ4v) is 1.87. The zero-order valence-corrected chi connectivity index (χ0v) is 11.5. The van der Waals surface area contributed by atoms with Crippen molar-refractivity contribution >= 4 is 17.6 Å². The summed E-state index contributed by atoms with van der Waals surface area (Å²) < 4.78 is 5.46. The van der Waals surface area contributed by atoms with Gasteiger partial charge in [-0.3, -0.25) is 5.41 Å². The van der Waals surface area contributed by atoms with Gasteiger partial charge in [-0.15, -0.1) is 0 Å². The second-order valence-electron chi connectivity index (χ2n) is 4.06. The van der Waals surface area contributed by atoms with E-state index >= 15 is 0 Å². The maximum absolute atomic E-state index is 11.8. The van der Waals surface area contributed by atoms with Gasteiger partial charge < -0.3 is 9.94 Å². The first-order chi connectivity index (χ1) is 9.52. The molecule has 0 saturated carbocycles. The third-order valence-electron chi connectivity index (χ3n) is 2.72. The Morgan fingerprint density at radius 3 is 2.60 bits per heavy atom. The van der Waals surface area contributed by atoms with Crippen LogP contribution in [0.25, 0.3) is 11.1 Å². The highest BCUT2D eigenvalue weighted by molar-refractivity contribution is 6.30. The van der Waals surface area contributed by atoms with Gasteiger partial charge in [-0.1, -0.05) is 23.7 Å². The monoisotopic (exact) mass is 292 g/mol. The summed E-state index contributed by atoms with van der Waals surface area (Å²) in [5, 5.41) is 18.0. The number of nitrogens with zero attached hydrogens (tertiary/aromatic N) is 1. The normalized spacial score (nSPS) is 10.3. The van der Waals surface area contributed by atoms with Crippen molar-refractivity contribution in [2.75, 3.05) is 6.61 Å². The highest BCUT2D eigenvalue weighted by Gasteiger charge is 2.13. The van der Waals surface area contributed by atoms with Gasteiger partial charge in [0.2, 0.25) is 0 Å². The lowest BCUT2D eigenvalue weighted by atomic mass is 10.1. The molecule has 0 fully saturated rings. The Kier molecular flexibility index (Phi) is 4.10. The first-order valence-electron chi connectivity index (χ1n) is 5.96. The van der Waals surface area contributed by atoms with Crippen molar-refractivity contribution in [3.05, 3.63) is 52.6 Å². The van der Waals surface area contributed by atoms with Crippen LogP contribution in [0.5, 0.6) is 0 Å². The molecule has 0 bridgehead atoms. The molecule has 0 amide bonds. The van der Waals surface area contributed by atoms with E-state index in [1.54, 1.807) is 31.2 Å². The predicted octanol–water partition coefficient (Wildman–Crippen LogP) is 2.70. The van der Waals surface area contributed by atoms with Gasteiger partial charge in [0.05, 0.1) is 12.8 Å². The van der Waals surface area contributed by atoms with E-state index in [4.69, 9.17) is 21.7 Å². The second kappa shape index (κ2) is 5.79. The number of halogens is 1. The SMILES string of the molecule is CCOC(=O)c1cc(-c2ccc(Cl)cc2)cn(O)c1=N. The lowest BCUT2D eigenvalue weighted by molar-refractivity contribution is 0.0516. The number of carbonyl (C=O) groups excluding carboxylic acids is 1. The molecule has 1 aromatic heterocycles. The summed E-state index contributed by atoms with van der Waals surface area (Å²) in [6.07, 6.45) is 1.36. The van der Waals surface area contributed by atoms with E-state index < -0.39 is 5.97 Å². The van der Waals surface area contributed by atoms with Gasteiger partial charge in [0.15, 0.2) is 5.49 Å². The molecule has 0 saturated heterocycles. The third-order valence-corrected chi connectivity index (χ3v) is 2.97. The molecule has 0 aliphatic heterocycles. The minimum atomic E-state index is -0.642. The number of hydrogen-bond acceptors (Lipinski definition) is 4. The second-order valence-corrected chi connectivity index (χ2v) is 4.50. The number of pyridine rings is 1. The van der Waals surface area contributed by atoms with Crippen molar-refractivity contribution in [1.29, 1.82) is 5.41 Å². The number of nitrogens with one attached hydrogen (secondary N) is 1. The average molecular weight is 293 g/mol. The van der Waals surface area contributed by atoms with Crippen LogP contribution in [0.15, 0.2) is 36.5 Å². The Balaban J connectivity index is 2.53. The van der Waals surface area contributed by atoms with Crippen LogP contribution in [-0.4, -0.2) is 22.5 Å². The van der Waals surface area contributed by atoms with Gasteiger partial charge in [-0.2, -0.15) is 4.73 Å². The molecule has 6 heteroatoms. The highest BCUT2D eigenvalue weighted by atomic mass is 35.5. The number of benzene rings is 1. The van der Waals surface area contributed by atoms with Crippen LogP contribution in [0, 0.1) is 5.41 Å². The lowest BCUT2D eigenvalue weighted by Crippen LogP contribution is -2.26. The molecule has 0 aliphatic carbocycles. The van der Waals surface area contributed by atoms with E-state index in [1.807, 2.05) is 0 Å². The number of rotatable bonds is 3. The van der Waals surface area contributed by atoms with Crippen molar-refractivity contribution < 1.29 is 14.7 Å². The lowest BCUT2D eigenvalue weighted by Gasteiger charge is -2.08. The summed E-state index contributed by atoms with van der Waals surface area (Å²) in [6, 6.07) is 8.44. The summed E-state index contributed by atoms with van der Waals surface area (Å²) >= 11 is 5.82. The number of ether oxygens (including phenoxy) is 1. The topological polar surface area (TPSA) is 75.3 Å². The summed E-state index contributed by atoms with van der Waals surface area (Å²) in [5.74, 6) is -0.642. The van der Waals surface area contributed by atoms with Crippen molar-refractivity contribution in [2.24, 2.45) is 0 Å². The first kappa shape index (κ1) is 14.1. The zero-order chi connectivity index (χ0) is 14.7. The van der Waals surface area contributed by atoms with Crippen LogP contribution >= 0.6 is 11.6 Å². The van der Waals surface area contributed by atoms with Crippen LogP contribution in [0.1, 0.15) is 17.3 Å². The molecule has 20 heavy (non-hydrogen) atoms. The van der Waals surface area contributed by atoms with Crippen LogP contribution in [0.4, 0.5) is 0 Å². The smallest absolute Gasteiger partial charge is 0.342 e. The van der Waals surface area contributed by atoms with Gasteiger partial charge in [0, 0.05) is 10.6 Å². The maximum Gasteiger partial charge on any atom is 0.342 e. The largest absolute Gasteiger partial charge is 0.462 e. The van der Waals surface area contributed by atoms with Crippen molar-refractivity contribution in [3.8, 4) is 11.1 Å². The van der Waals surface area contributed by atoms with Gasteiger partial charge >= 0.3 is 5.97 Å². The predicted molar refractivity (Wildman–Crippen MR) is 73.9 cm³/mol. The number of esters is 1. The Labute approximate surface area is 120 Å². The van der Waals surface area contributed by atoms with E-state index in [2.05, 4.69) is 0 Å². The van der Waals surface area contributed by atoms with E-state index in [9.17, 15) is 10.0 Å². The molecular formula is C14H13ClN2O3. The minimum Gasteiger partial charge on any atom is -0.462 e. The van der Waals surface area contributed by atoms with Crippen molar-refractivity contribution in [2.45, 2.75) is 6.92 Å². The molecule has 1 aromatic carbocycles. The van der Waals surface area contributed by atoms with Gasteiger partial charge in [0.1, 0.15) is 5.56 Å². The molecule has 0 atom stereocenters. The minimum absolute atomic E-state index is 0.00167. The number of aromatic nitrogens is 1. The van der Waals surface area contributed by atoms with E-state index in [0.29, 0.717) is 15.3 Å². The standard InChI is InChI=1S/C14H13ClN2O3/c1-2-20-14(18)12-7-10(8-17(19)13(12)16)9-3-5-11(15)6-4-9/h3-8,16,19H,2H2,1H3. The zero-order valence-electron chi connectivity index (χ0n) is 10.8. The molecule has 2 aromatic rings. The van der Waals surface area contributed by atoms with E-state index in [0.717, 1.165) is 5.56 Å². The van der Waals surface area contributed by atoms with E-state index in [-0.39, 0.29) is 17.7 Å². The Morgan fingerprint density at radius 1 is 1.35 bits per heavy atom. The Morgan fingerprint density at radius 2 is 2.00 bits per heavy atom. The van der Waals surface area contributed by atoms with Gasteiger partial charge in [0.25, 0.3) is 0 Å². The van der Waals surface area contributed by atoms with Crippen molar-refractivity contribution in [3.63, 3.8) is 0 Å². The van der Waals surface area contributed by atoms with Crippen LogP contribution in [-0.2, 0) is 4.74 Å². The van der Waals surface area contributed by atoms with Crippen molar-refractivity contribution in [1.82, 2.24) is 4.73 Å². The summed E-state index contributed by atoms with van der Waals surface area (Å²) in [5.41, 5.74) is 1.04. The third kappa shape index (κ3) is 2.83. The van der Waals surface area contributed by atoms with Crippen LogP contribution < -0.4 is 5.49 Å². The number of hydrogen-bond donors (Lipinski definition) is 2. The van der Waals surface area contributed by atoms with Crippen LogP contribution in [0.3, 0.4) is 0 Å². The molecule has 0 unspecified atom stereocenters. The molecule has 0 spiro atoms.